The van der Waals surface area contributed by atoms with Gasteiger partial charge in [0.2, 0.25) is 5.95 Å². The van der Waals surface area contributed by atoms with Gasteiger partial charge in [-0.3, -0.25) is 4.68 Å². The number of nitriles is 1. The Morgan fingerprint density at radius 1 is 1.33 bits per heavy atom. The molecule has 3 aromatic heterocycles. The number of aryl methyl sites for hydroxylation is 1. The minimum absolute atomic E-state index is 0.0236. The van der Waals surface area contributed by atoms with Gasteiger partial charge in [0.15, 0.2) is 0 Å². The number of H-pyrrole nitrogens is 1. The van der Waals surface area contributed by atoms with E-state index in [4.69, 9.17) is 19.5 Å². The zero-order valence-corrected chi connectivity index (χ0v) is 17.1. The maximum absolute atomic E-state index is 8.91. The summed E-state index contributed by atoms with van der Waals surface area (Å²) in [6.07, 6.45) is 6.09. The van der Waals surface area contributed by atoms with Gasteiger partial charge in [-0.05, 0) is 24.8 Å². The van der Waals surface area contributed by atoms with Gasteiger partial charge in [-0.2, -0.15) is 10.2 Å². The third kappa shape index (κ3) is 4.87. The summed E-state index contributed by atoms with van der Waals surface area (Å²) in [6.45, 7) is 5.35. The predicted molar refractivity (Wildman–Crippen MR) is 110 cm³/mol. The van der Waals surface area contributed by atoms with Gasteiger partial charge in [0.05, 0.1) is 19.4 Å². The Kier molecular flexibility index (Phi) is 6.11. The van der Waals surface area contributed by atoms with Crippen LogP contribution >= 0.6 is 0 Å². The number of ether oxygens (including phenoxy) is 3. The van der Waals surface area contributed by atoms with Crippen LogP contribution in [0.25, 0.3) is 11.0 Å². The highest BCUT2D eigenvalue weighted by molar-refractivity contribution is 5.78. The lowest BCUT2D eigenvalue weighted by molar-refractivity contribution is -0.0812. The minimum Gasteiger partial charge on any atom is -0.467 e. The van der Waals surface area contributed by atoms with Crippen LogP contribution in [0.1, 0.15) is 25.5 Å². The standard InChI is InChI=1S/C14H13N7O2.C6H12O/c1-21-5-11(13(20-21)23-10-6-22-7-10)18-14-16-4-8-2-9(3-15)17-12(8)19-14;1-6-3-2-4-7-5-6/h2,4-5,10H,6-7H2,1H3,(H2,16,17,18,19);6H,2-5H2,1H3/t;6-/m.0/s1. The average Bonchev–Trinajstić information content (AvgIpc) is 3.28. The van der Waals surface area contributed by atoms with Crippen molar-refractivity contribution in [2.24, 2.45) is 13.0 Å². The Bertz CT molecular complexity index is 1030. The number of fused-ring (bicyclic) bond motifs is 1. The fourth-order valence-electron chi connectivity index (χ4n) is 3.14. The molecule has 2 fully saturated rings. The monoisotopic (exact) mass is 411 g/mol. The van der Waals surface area contributed by atoms with E-state index in [0.29, 0.717) is 42.1 Å². The molecule has 2 saturated heterocycles. The van der Waals surface area contributed by atoms with E-state index in [2.05, 4.69) is 32.3 Å². The number of aromatic nitrogens is 5. The summed E-state index contributed by atoms with van der Waals surface area (Å²) >= 11 is 0. The molecule has 0 aromatic carbocycles. The van der Waals surface area contributed by atoms with Gasteiger partial charge in [-0.15, -0.1) is 5.10 Å². The number of anilines is 2. The molecular weight excluding hydrogens is 386 g/mol. The SMILES string of the molecule is C[C@H]1CCCOC1.Cn1cc(Nc2ncc3cc(C#N)[nH]c3n2)c(OC2COC2)n1. The Labute approximate surface area is 174 Å². The van der Waals surface area contributed by atoms with Crippen LogP contribution in [0.2, 0.25) is 0 Å². The van der Waals surface area contributed by atoms with E-state index in [0.717, 1.165) is 24.5 Å². The second-order valence-electron chi connectivity index (χ2n) is 7.54. The molecule has 5 rings (SSSR count). The van der Waals surface area contributed by atoms with E-state index in [-0.39, 0.29) is 6.10 Å². The van der Waals surface area contributed by atoms with Crippen LogP contribution in [0.5, 0.6) is 5.88 Å². The van der Waals surface area contributed by atoms with Crippen LogP contribution in [0.4, 0.5) is 11.6 Å². The molecule has 1 atom stereocenters. The molecule has 0 aliphatic carbocycles. The highest BCUT2D eigenvalue weighted by atomic mass is 16.6. The van der Waals surface area contributed by atoms with E-state index < -0.39 is 0 Å². The van der Waals surface area contributed by atoms with Crippen molar-refractivity contribution >= 4 is 22.7 Å². The first-order valence-corrected chi connectivity index (χ1v) is 9.99. The molecule has 0 spiro atoms. The zero-order chi connectivity index (χ0) is 20.9. The van der Waals surface area contributed by atoms with E-state index in [1.807, 2.05) is 13.1 Å². The maximum Gasteiger partial charge on any atom is 0.257 e. The molecule has 0 radical (unpaired) electrons. The first kappa shape index (κ1) is 20.1. The molecule has 0 amide bonds. The Balaban J connectivity index is 0.000000265. The third-order valence-electron chi connectivity index (χ3n) is 4.81. The van der Waals surface area contributed by atoms with Crippen molar-refractivity contribution in [3.63, 3.8) is 0 Å². The zero-order valence-electron chi connectivity index (χ0n) is 17.1. The molecule has 3 aromatic rings. The lowest BCUT2D eigenvalue weighted by Gasteiger charge is -2.25. The Morgan fingerprint density at radius 2 is 2.20 bits per heavy atom. The van der Waals surface area contributed by atoms with Crippen molar-refractivity contribution in [3.8, 4) is 11.9 Å². The van der Waals surface area contributed by atoms with Crippen LogP contribution in [0, 0.1) is 17.2 Å². The van der Waals surface area contributed by atoms with Gasteiger partial charge < -0.3 is 24.5 Å². The Morgan fingerprint density at radius 3 is 2.83 bits per heavy atom. The number of nitrogens with one attached hydrogen (secondary N) is 2. The summed E-state index contributed by atoms with van der Waals surface area (Å²) < 4.78 is 17.7. The van der Waals surface area contributed by atoms with Crippen molar-refractivity contribution in [3.05, 3.63) is 24.2 Å². The minimum atomic E-state index is 0.0236. The quantitative estimate of drug-likeness (QED) is 0.671. The number of nitrogens with zero attached hydrogens (tertiary/aromatic N) is 5. The van der Waals surface area contributed by atoms with E-state index >= 15 is 0 Å². The van der Waals surface area contributed by atoms with Crippen molar-refractivity contribution in [1.29, 1.82) is 5.26 Å². The summed E-state index contributed by atoms with van der Waals surface area (Å²) in [5.41, 5.74) is 1.71. The van der Waals surface area contributed by atoms with E-state index in [1.165, 1.54) is 12.8 Å². The summed E-state index contributed by atoms with van der Waals surface area (Å²) in [5, 5.41) is 17.1. The molecule has 10 nitrogen and oxygen atoms in total. The molecule has 2 aliphatic heterocycles. The van der Waals surface area contributed by atoms with E-state index in [1.54, 1.807) is 23.1 Å². The van der Waals surface area contributed by atoms with Crippen molar-refractivity contribution < 1.29 is 14.2 Å². The largest absolute Gasteiger partial charge is 0.467 e. The topological polar surface area (TPSA) is 123 Å². The van der Waals surface area contributed by atoms with Gasteiger partial charge in [0.25, 0.3) is 5.88 Å². The summed E-state index contributed by atoms with van der Waals surface area (Å²) in [7, 11) is 1.81. The fourth-order valence-corrected chi connectivity index (χ4v) is 3.14. The van der Waals surface area contributed by atoms with Crippen LogP contribution in [0.3, 0.4) is 0 Å². The molecule has 2 aliphatic rings. The smallest absolute Gasteiger partial charge is 0.257 e. The highest BCUT2D eigenvalue weighted by Crippen LogP contribution is 2.27. The predicted octanol–water partition coefficient (Wildman–Crippen LogP) is 2.52. The van der Waals surface area contributed by atoms with Crippen molar-refractivity contribution in [1.82, 2.24) is 24.7 Å². The number of hydrogen-bond donors (Lipinski definition) is 2. The van der Waals surface area contributed by atoms with Crippen molar-refractivity contribution in [2.75, 3.05) is 31.7 Å². The summed E-state index contributed by atoms with van der Waals surface area (Å²) in [6, 6.07) is 3.75. The number of rotatable bonds is 4. The third-order valence-corrected chi connectivity index (χ3v) is 4.81. The summed E-state index contributed by atoms with van der Waals surface area (Å²) in [4.78, 5) is 11.5. The molecule has 5 heterocycles. The van der Waals surface area contributed by atoms with Crippen molar-refractivity contribution in [2.45, 2.75) is 25.9 Å². The van der Waals surface area contributed by atoms with Crippen LogP contribution < -0.4 is 10.1 Å². The molecule has 158 valence electrons. The van der Waals surface area contributed by atoms with Gasteiger partial charge in [0, 0.05) is 31.8 Å². The Hall–Kier alpha value is -3.16. The molecule has 0 unspecified atom stereocenters. The molecule has 0 saturated carbocycles. The van der Waals surface area contributed by atoms with Crippen LogP contribution in [-0.4, -0.2) is 57.3 Å². The number of hydrogen-bond acceptors (Lipinski definition) is 8. The highest BCUT2D eigenvalue weighted by Gasteiger charge is 2.23. The van der Waals surface area contributed by atoms with Gasteiger partial charge in [-0.1, -0.05) is 6.92 Å². The molecule has 30 heavy (non-hydrogen) atoms. The lowest BCUT2D eigenvalue weighted by atomic mass is 10.1. The first-order valence-electron chi connectivity index (χ1n) is 9.99. The second kappa shape index (κ2) is 9.11. The summed E-state index contributed by atoms with van der Waals surface area (Å²) in [5.74, 6) is 1.69. The second-order valence-corrected chi connectivity index (χ2v) is 7.54. The fraction of sp³-hybridized carbons (Fsp3) is 0.500. The molecular formula is C20H25N7O3. The van der Waals surface area contributed by atoms with Gasteiger partial charge in [0.1, 0.15) is 29.2 Å². The molecule has 0 bridgehead atoms. The van der Waals surface area contributed by atoms with E-state index in [9.17, 15) is 0 Å². The normalized spacial score (nSPS) is 18.8. The van der Waals surface area contributed by atoms with Gasteiger partial charge in [-0.25, -0.2) is 4.98 Å². The van der Waals surface area contributed by atoms with Crippen LogP contribution in [0.15, 0.2) is 18.5 Å². The van der Waals surface area contributed by atoms with Crippen LogP contribution in [-0.2, 0) is 16.5 Å². The number of aromatic amines is 1. The lowest BCUT2D eigenvalue weighted by Crippen LogP contribution is -2.38. The molecule has 2 N–H and O–H groups in total. The molecule has 10 heteroatoms. The maximum atomic E-state index is 8.91. The average molecular weight is 411 g/mol. The first-order chi connectivity index (χ1) is 14.6. The van der Waals surface area contributed by atoms with Gasteiger partial charge >= 0.3 is 0 Å².